The van der Waals surface area contributed by atoms with Crippen LogP contribution in [-0.2, 0) is 11.2 Å². The van der Waals surface area contributed by atoms with Crippen LogP contribution in [0.5, 0.6) is 0 Å². The van der Waals surface area contributed by atoms with Crippen molar-refractivity contribution in [1.82, 2.24) is 0 Å². The molecule has 3 aromatic carbocycles. The van der Waals surface area contributed by atoms with E-state index in [1.165, 1.54) is 5.56 Å². The van der Waals surface area contributed by atoms with Crippen molar-refractivity contribution < 1.29 is 9.53 Å². The first kappa shape index (κ1) is 16.6. The second-order valence-electron chi connectivity index (χ2n) is 7.60. The average Bonchev–Trinajstić information content (AvgIpc) is 2.90. The smallest absolute Gasteiger partial charge is 0.339 e. The van der Waals surface area contributed by atoms with Crippen molar-refractivity contribution >= 4 is 22.8 Å². The molecule has 130 valence electrons. The summed E-state index contributed by atoms with van der Waals surface area (Å²) in [7, 11) is 0. The molecule has 0 saturated carbocycles. The number of hydrogen-bond donors (Lipinski definition) is 0. The zero-order valence-corrected chi connectivity index (χ0v) is 15.2. The number of rotatable bonds is 3. The van der Waals surface area contributed by atoms with Crippen LogP contribution < -0.4 is 0 Å². The van der Waals surface area contributed by atoms with Crippen molar-refractivity contribution in [2.24, 2.45) is 5.41 Å². The van der Waals surface area contributed by atoms with Gasteiger partial charge in [0, 0.05) is 5.41 Å². The van der Waals surface area contributed by atoms with Gasteiger partial charge in [-0.1, -0.05) is 81.1 Å². The molecule has 1 aliphatic rings. The van der Waals surface area contributed by atoms with Gasteiger partial charge in [0.2, 0.25) is 0 Å². The van der Waals surface area contributed by atoms with E-state index < -0.39 is 0 Å². The molecule has 0 aromatic heterocycles. The lowest BCUT2D eigenvalue weighted by molar-refractivity contribution is -0.00159. The Morgan fingerprint density at radius 1 is 1.04 bits per heavy atom. The van der Waals surface area contributed by atoms with Crippen molar-refractivity contribution in [3.05, 3.63) is 89.5 Å². The van der Waals surface area contributed by atoms with Crippen LogP contribution in [0.2, 0.25) is 0 Å². The summed E-state index contributed by atoms with van der Waals surface area (Å²) >= 11 is 0. The van der Waals surface area contributed by atoms with Crippen LogP contribution in [0.15, 0.2) is 67.2 Å². The predicted molar refractivity (Wildman–Crippen MR) is 106 cm³/mol. The van der Waals surface area contributed by atoms with E-state index in [0.717, 1.165) is 28.3 Å². The van der Waals surface area contributed by atoms with Crippen LogP contribution in [-0.4, -0.2) is 5.97 Å². The summed E-state index contributed by atoms with van der Waals surface area (Å²) < 4.78 is 6.06. The molecule has 0 bridgehead atoms. The van der Waals surface area contributed by atoms with Crippen molar-refractivity contribution in [2.45, 2.75) is 26.4 Å². The molecule has 26 heavy (non-hydrogen) atoms. The predicted octanol–water partition coefficient (Wildman–Crippen LogP) is 5.96. The van der Waals surface area contributed by atoms with Crippen LogP contribution in [0, 0.1) is 5.41 Å². The van der Waals surface area contributed by atoms with Crippen molar-refractivity contribution in [3.63, 3.8) is 0 Å². The maximum absolute atomic E-state index is 13.1. The first-order valence-electron chi connectivity index (χ1n) is 8.94. The lowest BCUT2D eigenvalue weighted by Gasteiger charge is -2.27. The summed E-state index contributed by atoms with van der Waals surface area (Å²) in [6.07, 6.45) is 2.49. The Hall–Kier alpha value is -2.87. The van der Waals surface area contributed by atoms with E-state index in [2.05, 4.69) is 32.6 Å². The van der Waals surface area contributed by atoms with Crippen molar-refractivity contribution in [1.29, 1.82) is 0 Å². The van der Waals surface area contributed by atoms with Gasteiger partial charge in [-0.2, -0.15) is 0 Å². The summed E-state index contributed by atoms with van der Waals surface area (Å²) in [6, 6.07) is 19.9. The monoisotopic (exact) mass is 342 g/mol. The number of carbonyl (C=O) groups is 1. The lowest BCUT2D eigenvalue weighted by atomic mass is 9.87. The lowest BCUT2D eigenvalue weighted by Crippen LogP contribution is -2.23. The summed E-state index contributed by atoms with van der Waals surface area (Å²) in [5.74, 6) is -0.272. The molecule has 0 radical (unpaired) electrons. The third-order valence-electron chi connectivity index (χ3n) is 5.31. The van der Waals surface area contributed by atoms with Gasteiger partial charge in [-0.3, -0.25) is 0 Å². The highest BCUT2D eigenvalue weighted by Gasteiger charge is 2.41. The number of fused-ring (bicyclic) bond motifs is 2. The largest absolute Gasteiger partial charge is 0.453 e. The first-order valence-corrected chi connectivity index (χ1v) is 8.94. The molecule has 0 heterocycles. The van der Waals surface area contributed by atoms with Gasteiger partial charge in [0.1, 0.15) is 6.10 Å². The van der Waals surface area contributed by atoms with E-state index >= 15 is 0 Å². The van der Waals surface area contributed by atoms with Gasteiger partial charge in [-0.05, 0) is 39.9 Å². The Morgan fingerprint density at radius 2 is 1.77 bits per heavy atom. The number of ether oxygens (including phenoxy) is 1. The molecule has 0 saturated heterocycles. The minimum atomic E-state index is -0.272. The van der Waals surface area contributed by atoms with Gasteiger partial charge in [0.15, 0.2) is 0 Å². The van der Waals surface area contributed by atoms with Gasteiger partial charge in [0.25, 0.3) is 0 Å². The van der Waals surface area contributed by atoms with Crippen molar-refractivity contribution in [3.8, 4) is 0 Å². The Balaban J connectivity index is 1.74. The minimum absolute atomic E-state index is 0.115. The zero-order chi connectivity index (χ0) is 18.3. The molecule has 2 heteroatoms. The SMILES string of the molecule is C=Cc1cccc2c(C(=O)OC3c4ccccc4CC3(C)C)cccc12. The summed E-state index contributed by atoms with van der Waals surface area (Å²) in [5, 5.41) is 1.92. The quantitative estimate of drug-likeness (QED) is 0.549. The fourth-order valence-electron chi connectivity index (χ4n) is 4.04. The molecular formula is C24H22O2. The van der Waals surface area contributed by atoms with E-state index in [4.69, 9.17) is 4.74 Å². The molecule has 3 aromatic rings. The van der Waals surface area contributed by atoms with Crippen LogP contribution in [0.25, 0.3) is 16.8 Å². The molecule has 1 atom stereocenters. The molecule has 0 spiro atoms. The zero-order valence-electron chi connectivity index (χ0n) is 15.2. The van der Waals surface area contributed by atoms with E-state index in [-0.39, 0.29) is 17.5 Å². The fraction of sp³-hybridized carbons (Fsp3) is 0.208. The topological polar surface area (TPSA) is 26.3 Å². The van der Waals surface area contributed by atoms with Gasteiger partial charge >= 0.3 is 5.97 Å². The standard InChI is InChI=1S/C24H22O2/c1-4-16-10-7-13-20-18(16)12-8-14-21(20)23(25)26-22-19-11-6-5-9-17(19)15-24(22,2)3/h4-14,22H,1,15H2,2-3H3. The number of hydrogen-bond acceptors (Lipinski definition) is 2. The fourth-order valence-corrected chi connectivity index (χ4v) is 4.04. The van der Waals surface area contributed by atoms with Crippen LogP contribution in [0.1, 0.15) is 47.0 Å². The molecule has 4 rings (SSSR count). The Morgan fingerprint density at radius 3 is 2.58 bits per heavy atom. The summed E-state index contributed by atoms with van der Waals surface area (Å²) in [5.41, 5.74) is 3.89. The van der Waals surface area contributed by atoms with Gasteiger partial charge in [-0.15, -0.1) is 0 Å². The molecule has 0 amide bonds. The highest BCUT2D eigenvalue weighted by Crippen LogP contribution is 2.47. The molecule has 0 aliphatic heterocycles. The first-order chi connectivity index (χ1) is 12.5. The Bertz CT molecular complexity index is 1010. The third kappa shape index (κ3) is 2.62. The molecular weight excluding hydrogens is 320 g/mol. The summed E-state index contributed by atoms with van der Waals surface area (Å²) in [4.78, 5) is 13.1. The van der Waals surface area contributed by atoms with Gasteiger partial charge < -0.3 is 4.74 Å². The number of carbonyl (C=O) groups excluding carboxylic acids is 1. The highest BCUT2D eigenvalue weighted by molar-refractivity contribution is 6.06. The van der Waals surface area contributed by atoms with E-state index in [1.807, 2.05) is 54.6 Å². The van der Waals surface area contributed by atoms with E-state index in [0.29, 0.717) is 5.56 Å². The molecule has 2 nitrogen and oxygen atoms in total. The summed E-state index contributed by atoms with van der Waals surface area (Å²) in [6.45, 7) is 8.18. The molecule has 0 fully saturated rings. The average molecular weight is 342 g/mol. The number of esters is 1. The Labute approximate surface area is 154 Å². The number of benzene rings is 3. The van der Waals surface area contributed by atoms with Gasteiger partial charge in [0.05, 0.1) is 5.56 Å². The van der Waals surface area contributed by atoms with Crippen LogP contribution in [0.4, 0.5) is 0 Å². The molecule has 1 unspecified atom stereocenters. The second-order valence-corrected chi connectivity index (χ2v) is 7.60. The maximum atomic E-state index is 13.1. The molecule has 1 aliphatic carbocycles. The third-order valence-corrected chi connectivity index (χ3v) is 5.31. The Kier molecular flexibility index (Phi) is 3.91. The van der Waals surface area contributed by atoms with E-state index in [9.17, 15) is 4.79 Å². The normalized spacial score (nSPS) is 17.7. The van der Waals surface area contributed by atoms with Crippen molar-refractivity contribution in [2.75, 3.05) is 0 Å². The van der Waals surface area contributed by atoms with Crippen LogP contribution in [0.3, 0.4) is 0 Å². The second kappa shape index (κ2) is 6.14. The van der Waals surface area contributed by atoms with E-state index in [1.54, 1.807) is 0 Å². The van der Waals surface area contributed by atoms with Crippen LogP contribution >= 0.6 is 0 Å². The van der Waals surface area contributed by atoms with Gasteiger partial charge in [-0.25, -0.2) is 4.79 Å². The maximum Gasteiger partial charge on any atom is 0.339 e. The molecule has 0 N–H and O–H groups in total. The minimum Gasteiger partial charge on any atom is -0.453 e. The highest BCUT2D eigenvalue weighted by atomic mass is 16.5.